The van der Waals surface area contributed by atoms with E-state index in [1.54, 1.807) is 11.1 Å². The summed E-state index contributed by atoms with van der Waals surface area (Å²) in [6, 6.07) is 2.25. The highest BCUT2D eigenvalue weighted by Gasteiger charge is 2.52. The molecule has 4 aromatic heterocycles. The van der Waals surface area contributed by atoms with Crippen molar-refractivity contribution < 1.29 is 41.1 Å². The quantitative estimate of drug-likeness (QED) is 0.161. The number of hydrogen-bond donors (Lipinski definition) is 2. The highest BCUT2D eigenvalue weighted by molar-refractivity contribution is 6.08. The number of nitrogens with one attached hydrogen (secondary N) is 2. The van der Waals surface area contributed by atoms with E-state index in [1.807, 2.05) is 11.0 Å². The number of aryl methyl sites for hydroxylation is 1. The highest BCUT2D eigenvalue weighted by atomic mass is 19.3. The number of hydrogen-bond acceptors (Lipinski definition) is 11. The van der Waals surface area contributed by atoms with E-state index >= 15 is 13.2 Å². The first kappa shape index (κ1) is 41.9. The molecule has 22 heteroatoms. The monoisotopic (exact) mass is 906 g/mol. The number of ether oxygens (including phenoxy) is 1. The lowest BCUT2D eigenvalue weighted by atomic mass is 9.84. The van der Waals surface area contributed by atoms with Crippen LogP contribution in [0.4, 0.5) is 33.5 Å². The molecule has 2 unspecified atom stereocenters. The molecule has 344 valence electrons. The summed E-state index contributed by atoms with van der Waals surface area (Å²) in [5, 5.41) is 13.3. The average molecular weight is 907 g/mol. The van der Waals surface area contributed by atoms with Crippen LogP contribution < -0.4 is 21.2 Å². The van der Waals surface area contributed by atoms with Crippen LogP contribution in [0.5, 0.6) is 0 Å². The zero-order valence-electron chi connectivity index (χ0n) is 35.4. The molecule has 2 bridgehead atoms. The van der Waals surface area contributed by atoms with Crippen molar-refractivity contribution in [2.75, 3.05) is 49.5 Å². The molecule has 1 aliphatic carbocycles. The summed E-state index contributed by atoms with van der Waals surface area (Å²) in [4.78, 5) is 61.8. The fourth-order valence-electron chi connectivity index (χ4n) is 11.4. The summed E-state index contributed by atoms with van der Waals surface area (Å²) in [7, 11) is 1.49. The molecule has 2 N–H and O–H groups in total. The van der Waals surface area contributed by atoms with Gasteiger partial charge in [0.05, 0.1) is 60.3 Å². The first-order chi connectivity index (χ1) is 31.2. The number of imide groups is 1. The number of fused-ring (bicyclic) bond motifs is 4. The van der Waals surface area contributed by atoms with Gasteiger partial charge in [0, 0.05) is 69.6 Å². The minimum atomic E-state index is -3.07. The van der Waals surface area contributed by atoms with E-state index in [1.165, 1.54) is 49.9 Å². The number of anilines is 2. The van der Waals surface area contributed by atoms with E-state index in [9.17, 15) is 28.0 Å². The Morgan fingerprint density at radius 1 is 0.985 bits per heavy atom. The van der Waals surface area contributed by atoms with E-state index < -0.39 is 71.8 Å². The molecule has 1 saturated carbocycles. The van der Waals surface area contributed by atoms with Crippen molar-refractivity contribution >= 4 is 45.9 Å². The van der Waals surface area contributed by atoms with Crippen LogP contribution in [0.25, 0.3) is 16.7 Å². The number of imidazole rings is 1. The zero-order chi connectivity index (χ0) is 45.1. The first-order valence-corrected chi connectivity index (χ1v) is 22.2. The van der Waals surface area contributed by atoms with Crippen LogP contribution in [0.15, 0.2) is 41.6 Å². The number of nitrogens with zero attached hydrogens (tertiary/aromatic N) is 10. The van der Waals surface area contributed by atoms with Gasteiger partial charge in [-0.05, 0) is 63.1 Å². The van der Waals surface area contributed by atoms with Gasteiger partial charge in [0.15, 0.2) is 11.3 Å². The zero-order valence-corrected chi connectivity index (χ0v) is 35.4. The number of halogens is 5. The van der Waals surface area contributed by atoms with Gasteiger partial charge >= 0.3 is 5.69 Å². The molecule has 9 heterocycles. The molecule has 65 heavy (non-hydrogen) atoms. The third kappa shape index (κ3) is 7.09. The fourth-order valence-corrected chi connectivity index (χ4v) is 11.4. The molecule has 0 spiro atoms. The van der Waals surface area contributed by atoms with Crippen molar-refractivity contribution in [3.05, 3.63) is 69.9 Å². The summed E-state index contributed by atoms with van der Waals surface area (Å²) in [6.45, 7) is 1.59. The van der Waals surface area contributed by atoms with Crippen molar-refractivity contribution in [3.63, 3.8) is 0 Å². The Labute approximate surface area is 367 Å². The van der Waals surface area contributed by atoms with E-state index in [0.29, 0.717) is 62.2 Å². The molecule has 5 saturated heterocycles. The Balaban J connectivity index is 0.719. The van der Waals surface area contributed by atoms with Gasteiger partial charge in [-0.2, -0.15) is 10.2 Å². The Hall–Kier alpha value is -5.74. The van der Waals surface area contributed by atoms with Crippen molar-refractivity contribution in [2.24, 2.45) is 7.05 Å². The lowest BCUT2D eigenvalue weighted by molar-refractivity contribution is -0.151. The van der Waals surface area contributed by atoms with Crippen LogP contribution in [0.1, 0.15) is 97.4 Å². The molecule has 4 atom stereocenters. The van der Waals surface area contributed by atoms with Crippen molar-refractivity contribution in [3.8, 4) is 0 Å². The molecule has 5 aromatic rings. The molecule has 0 radical (unpaired) electrons. The molecule has 5 aliphatic heterocycles. The van der Waals surface area contributed by atoms with Crippen molar-refractivity contribution in [2.45, 2.75) is 106 Å². The number of aromatic nitrogens is 7. The maximum atomic E-state index is 16.1. The fraction of sp³-hybridized carbons (Fsp3) is 0.558. The second-order valence-electron chi connectivity index (χ2n) is 18.4. The average Bonchev–Trinajstić information content (AvgIpc) is 4.11. The predicted molar refractivity (Wildman–Crippen MR) is 223 cm³/mol. The smallest absolute Gasteiger partial charge is 0.329 e. The van der Waals surface area contributed by atoms with Gasteiger partial charge < -0.3 is 15.0 Å². The number of likely N-dealkylation sites (tertiary alicyclic amines) is 2. The van der Waals surface area contributed by atoms with E-state index in [2.05, 4.69) is 25.7 Å². The summed E-state index contributed by atoms with van der Waals surface area (Å²) in [6.07, 6.45) is 5.03. The van der Waals surface area contributed by atoms with Gasteiger partial charge in [-0.1, -0.05) is 0 Å². The molecular formula is C43H47F5N12O5. The maximum absolute atomic E-state index is 16.1. The third-order valence-corrected chi connectivity index (χ3v) is 14.7. The van der Waals surface area contributed by atoms with Gasteiger partial charge in [-0.25, -0.2) is 36.2 Å². The largest absolute Gasteiger partial charge is 0.374 e. The number of morpholine rings is 1. The number of rotatable bonds is 9. The summed E-state index contributed by atoms with van der Waals surface area (Å²) < 4.78 is 87.6. The van der Waals surface area contributed by atoms with Gasteiger partial charge in [-0.15, -0.1) is 0 Å². The van der Waals surface area contributed by atoms with E-state index in [-0.39, 0.29) is 79.0 Å². The topological polar surface area (TPSA) is 169 Å². The summed E-state index contributed by atoms with van der Waals surface area (Å²) >= 11 is 0. The Morgan fingerprint density at radius 2 is 1.77 bits per heavy atom. The second kappa shape index (κ2) is 15.7. The summed E-state index contributed by atoms with van der Waals surface area (Å²) in [5.74, 6) is -5.11. The standard InChI is InChI=1S/C43H47F5N12O5/c1-54-37-30(60(42(54)64)31-8-9-34(61)52-41(31)63)7-6-28(44)35(37)22-16-56(17-22)32-10-12-55(21-43(32,47)48)23-2-4-24(5-3-23)59-19-29(36(53-59)38(45)46)50-40(62)27-15-49-58-13-11-33(51-39(27)58)57-18-26-14-25(57)20-65-26/h6-7,11,13,15,19,22-26,31-32,38H,2-5,8-10,12,14,16-18,20-21H2,1H3,(H,50,62)(H,52,61,63)/t23-,24-,25-,26-,31?,32?/m1/s1. The minimum Gasteiger partial charge on any atom is -0.374 e. The Bertz CT molecular complexity index is 2790. The SMILES string of the molecule is Cn1c(=O)n(C2CCC(=O)NC2=O)c2ccc(F)c(C3CN(C4CCN([C@H]5CC[C@H](n6cc(NC(=O)c7cnn8ccc(N9C[C@H]%10C[C@@H]9CO%10)nc78)c(C(F)F)n6)CC5)CC4(F)F)C3)c21. The lowest BCUT2D eigenvalue weighted by Gasteiger charge is -2.51. The Morgan fingerprint density at radius 3 is 2.48 bits per heavy atom. The maximum Gasteiger partial charge on any atom is 0.329 e. The highest BCUT2D eigenvalue weighted by Crippen LogP contribution is 2.43. The Kier molecular flexibility index (Phi) is 10.1. The molecule has 17 nitrogen and oxygen atoms in total. The van der Waals surface area contributed by atoms with Crippen LogP contribution in [-0.4, -0.2) is 131 Å². The molecule has 11 rings (SSSR count). The third-order valence-electron chi connectivity index (χ3n) is 14.7. The number of carbonyl (C=O) groups is 3. The predicted octanol–water partition coefficient (Wildman–Crippen LogP) is 4.16. The molecule has 1 aromatic carbocycles. The van der Waals surface area contributed by atoms with Crippen LogP contribution in [0.3, 0.4) is 0 Å². The molecule has 6 aliphatic rings. The van der Waals surface area contributed by atoms with Crippen molar-refractivity contribution in [1.82, 2.24) is 48.6 Å². The van der Waals surface area contributed by atoms with Gasteiger partial charge in [-0.3, -0.25) is 43.3 Å². The van der Waals surface area contributed by atoms with Crippen LogP contribution >= 0.6 is 0 Å². The van der Waals surface area contributed by atoms with E-state index in [4.69, 9.17) is 9.72 Å². The molecular weight excluding hydrogens is 860 g/mol. The van der Waals surface area contributed by atoms with E-state index in [0.717, 1.165) is 6.42 Å². The number of carbonyl (C=O) groups excluding carboxylic acids is 3. The second-order valence-corrected chi connectivity index (χ2v) is 18.4. The number of benzene rings is 1. The summed E-state index contributed by atoms with van der Waals surface area (Å²) in [5.41, 5.74) is 0.0735. The van der Waals surface area contributed by atoms with Gasteiger partial charge in [0.25, 0.3) is 18.3 Å². The van der Waals surface area contributed by atoms with Crippen LogP contribution in [0, 0.1) is 5.82 Å². The van der Waals surface area contributed by atoms with Crippen LogP contribution in [0.2, 0.25) is 0 Å². The number of alkyl halides is 4. The van der Waals surface area contributed by atoms with Crippen molar-refractivity contribution in [1.29, 1.82) is 0 Å². The van der Waals surface area contributed by atoms with Crippen LogP contribution in [-0.2, 0) is 21.4 Å². The molecule has 6 fully saturated rings. The minimum absolute atomic E-state index is 0.0566. The lowest BCUT2D eigenvalue weighted by Crippen LogP contribution is -2.64. The first-order valence-electron chi connectivity index (χ1n) is 22.2. The number of amides is 3. The molecule has 3 amide bonds. The van der Waals surface area contributed by atoms with Gasteiger partial charge in [0.2, 0.25) is 11.8 Å². The van der Waals surface area contributed by atoms with Gasteiger partial charge in [0.1, 0.15) is 23.2 Å². The normalized spacial score (nSPS) is 27.6. The number of piperidine rings is 2.